The molecular weight excluding hydrogens is 85.7 g/mol. The van der Waals surface area contributed by atoms with Crippen molar-refractivity contribution < 1.29 is 5.11 Å². The monoisotopic (exact) mass is 96.1 g/mol. The van der Waals surface area contributed by atoms with E-state index in [1.807, 2.05) is 0 Å². The number of aliphatic hydroxyl groups is 1. The second-order valence-electron chi connectivity index (χ2n) is 1.08. The minimum Gasteiger partial charge on any atom is -0.396 e. The van der Waals surface area contributed by atoms with E-state index in [0.29, 0.717) is 6.61 Å². The van der Waals surface area contributed by atoms with Crippen molar-refractivity contribution in [3.63, 3.8) is 0 Å². The molecule has 0 saturated heterocycles. The average Bonchev–Trinajstić information content (AvgIpc) is 1.41. The molecule has 0 atom stereocenters. The first-order valence-corrected chi connectivity index (χ1v) is 2.02. The molecule has 3 heteroatoms. The van der Waals surface area contributed by atoms with E-state index in [1.54, 1.807) is 0 Å². The van der Waals surface area contributed by atoms with Gasteiger partial charge in [-0.05, 0) is 6.42 Å². The molecule has 0 spiro atoms. The molecule has 0 rings (SSSR count). The molecule has 0 heterocycles. The number of hydrogen-bond donors (Lipinski definition) is 1. The Morgan fingerprint density at radius 2 is 1.71 bits per heavy atom. The first-order valence-electron chi connectivity index (χ1n) is 2.02. The van der Waals surface area contributed by atoms with Crippen LogP contribution in [0.15, 0.2) is 0 Å². The number of unbranched alkanes of at least 4 members (excludes halogenated alkanes) is 1. The summed E-state index contributed by atoms with van der Waals surface area (Å²) in [5.41, 5.74) is 0. The molecule has 0 aliphatic carbocycles. The lowest BCUT2D eigenvalue weighted by Crippen LogP contribution is -1.75. The van der Waals surface area contributed by atoms with Gasteiger partial charge in [-0.1, -0.05) is 13.3 Å². The summed E-state index contributed by atoms with van der Waals surface area (Å²) in [5.74, 6) is 0. The Labute approximate surface area is 49.3 Å². The molecule has 0 aromatic heterocycles. The fraction of sp³-hybridized carbons (Fsp3) is 1.00. The zero-order chi connectivity index (χ0) is 4.12. The van der Waals surface area contributed by atoms with E-state index in [1.165, 1.54) is 0 Å². The van der Waals surface area contributed by atoms with Crippen LogP contribution in [0.3, 0.4) is 0 Å². The number of hydrogen-bond acceptors (Lipinski definition) is 1. The van der Waals surface area contributed by atoms with Crippen molar-refractivity contribution in [1.29, 1.82) is 0 Å². The topological polar surface area (TPSA) is 20.2 Å². The molecule has 38 valence electrons. The van der Waals surface area contributed by atoms with Crippen molar-refractivity contribution in [1.82, 2.24) is 0 Å². The van der Waals surface area contributed by atoms with Crippen molar-refractivity contribution in [2.24, 2.45) is 0 Å². The van der Waals surface area contributed by atoms with Crippen molar-refractivity contribution >= 4 is 16.8 Å². The van der Waals surface area contributed by atoms with Gasteiger partial charge < -0.3 is 5.11 Å². The molecule has 0 bridgehead atoms. The van der Waals surface area contributed by atoms with E-state index in [0.717, 1.165) is 12.8 Å². The fourth-order valence-electron chi connectivity index (χ4n) is 0.158. The predicted octanol–water partition coefficient (Wildman–Crippen LogP) is 0.0172. The summed E-state index contributed by atoms with van der Waals surface area (Å²) in [6.07, 6.45) is 2.04. The molecule has 1 N–H and O–H groups in total. The molecule has 0 aliphatic rings. The minimum atomic E-state index is 0. The van der Waals surface area contributed by atoms with Gasteiger partial charge in [-0.15, -0.1) is 0 Å². The van der Waals surface area contributed by atoms with Crippen LogP contribution in [0.4, 0.5) is 0 Å². The summed E-state index contributed by atoms with van der Waals surface area (Å²) < 4.78 is 0. The molecule has 0 fully saturated rings. The third-order valence-corrected chi connectivity index (χ3v) is 0.512. The third kappa shape index (κ3) is 23.3. The molecule has 0 amide bonds. The van der Waals surface area contributed by atoms with Gasteiger partial charge in [0.15, 0.2) is 0 Å². The van der Waals surface area contributed by atoms with Gasteiger partial charge in [0.2, 0.25) is 0 Å². The standard InChI is InChI=1S/C4H10O.2B/c1-2-3-4-5;;/h5H,2-4H2,1H3;;. The maximum atomic E-state index is 8.07. The Bertz CT molecular complexity index is 17.2. The Kier molecular flexibility index (Phi) is 37.1. The van der Waals surface area contributed by atoms with Gasteiger partial charge in [0, 0.05) is 23.4 Å². The van der Waals surface area contributed by atoms with E-state index in [2.05, 4.69) is 6.92 Å². The normalized spacial score (nSPS) is 6.00. The van der Waals surface area contributed by atoms with Gasteiger partial charge >= 0.3 is 0 Å². The highest BCUT2D eigenvalue weighted by Gasteiger charge is 1.69. The predicted molar refractivity (Wildman–Crippen MR) is 33.5 cm³/mol. The maximum absolute atomic E-state index is 8.07. The molecule has 0 saturated carbocycles. The van der Waals surface area contributed by atoms with Crippen LogP contribution in [-0.2, 0) is 0 Å². The van der Waals surface area contributed by atoms with Crippen LogP contribution in [-0.4, -0.2) is 28.5 Å². The first-order chi connectivity index (χ1) is 2.41. The molecule has 0 aromatic carbocycles. The molecule has 0 unspecified atom stereocenters. The van der Waals surface area contributed by atoms with Crippen LogP contribution in [0.2, 0.25) is 0 Å². The zero-order valence-corrected chi connectivity index (χ0v) is 4.72. The minimum absolute atomic E-state index is 0. The highest BCUT2D eigenvalue weighted by atomic mass is 16.2. The van der Waals surface area contributed by atoms with E-state index < -0.39 is 0 Å². The van der Waals surface area contributed by atoms with Crippen LogP contribution in [0.25, 0.3) is 0 Å². The first kappa shape index (κ1) is 15.7. The van der Waals surface area contributed by atoms with E-state index in [-0.39, 0.29) is 16.8 Å². The highest BCUT2D eigenvalue weighted by Crippen LogP contribution is 1.78. The van der Waals surface area contributed by atoms with Crippen molar-refractivity contribution in [3.05, 3.63) is 0 Å². The molecular formula is C4H10B2O. The number of aliphatic hydroxyl groups excluding tert-OH is 1. The lowest BCUT2D eigenvalue weighted by atomic mass is 10.4. The SMILES string of the molecule is CCCCO.[B].[B]. The average molecular weight is 95.7 g/mol. The van der Waals surface area contributed by atoms with Crippen LogP contribution in [0.5, 0.6) is 0 Å². The van der Waals surface area contributed by atoms with Crippen LogP contribution in [0.1, 0.15) is 19.8 Å². The summed E-state index contributed by atoms with van der Waals surface area (Å²) in [6.45, 7) is 2.40. The van der Waals surface area contributed by atoms with Gasteiger partial charge in [-0.25, -0.2) is 0 Å². The van der Waals surface area contributed by atoms with Gasteiger partial charge in [0.05, 0.1) is 0 Å². The van der Waals surface area contributed by atoms with Crippen LogP contribution >= 0.6 is 0 Å². The summed E-state index contributed by atoms with van der Waals surface area (Å²) in [4.78, 5) is 0. The molecule has 0 aliphatic heterocycles. The molecule has 1 nitrogen and oxygen atoms in total. The Morgan fingerprint density at radius 3 is 1.71 bits per heavy atom. The lowest BCUT2D eigenvalue weighted by Gasteiger charge is -1.79. The van der Waals surface area contributed by atoms with Crippen molar-refractivity contribution in [3.8, 4) is 0 Å². The van der Waals surface area contributed by atoms with Gasteiger partial charge in [0.25, 0.3) is 0 Å². The number of rotatable bonds is 2. The largest absolute Gasteiger partial charge is 0.396 e. The van der Waals surface area contributed by atoms with Gasteiger partial charge in [-0.2, -0.15) is 0 Å². The fourth-order valence-corrected chi connectivity index (χ4v) is 0.158. The van der Waals surface area contributed by atoms with Crippen molar-refractivity contribution in [2.45, 2.75) is 19.8 Å². The van der Waals surface area contributed by atoms with Crippen LogP contribution in [0, 0.1) is 0 Å². The second-order valence-corrected chi connectivity index (χ2v) is 1.08. The summed E-state index contributed by atoms with van der Waals surface area (Å²) in [6, 6.07) is 0. The Hall–Kier alpha value is 0.0899. The van der Waals surface area contributed by atoms with E-state index >= 15 is 0 Å². The quantitative estimate of drug-likeness (QED) is 0.480. The summed E-state index contributed by atoms with van der Waals surface area (Å²) >= 11 is 0. The summed E-state index contributed by atoms with van der Waals surface area (Å²) in [7, 11) is 0. The molecule has 0 aromatic rings. The Balaban J connectivity index is -0.0000000800. The summed E-state index contributed by atoms with van der Waals surface area (Å²) in [5, 5.41) is 8.07. The van der Waals surface area contributed by atoms with Crippen LogP contribution < -0.4 is 0 Å². The Morgan fingerprint density at radius 1 is 1.29 bits per heavy atom. The third-order valence-electron chi connectivity index (χ3n) is 0.512. The highest BCUT2D eigenvalue weighted by molar-refractivity contribution is 5.76. The maximum Gasteiger partial charge on any atom is 0.0430 e. The second kappa shape index (κ2) is 16.5. The van der Waals surface area contributed by atoms with Gasteiger partial charge in [0.1, 0.15) is 0 Å². The molecule has 6 radical (unpaired) electrons. The zero-order valence-electron chi connectivity index (χ0n) is 4.72. The lowest BCUT2D eigenvalue weighted by molar-refractivity contribution is 0.287. The van der Waals surface area contributed by atoms with E-state index in [9.17, 15) is 0 Å². The smallest absolute Gasteiger partial charge is 0.0430 e. The van der Waals surface area contributed by atoms with E-state index in [4.69, 9.17) is 5.11 Å². The van der Waals surface area contributed by atoms with Gasteiger partial charge in [-0.3, -0.25) is 0 Å². The molecule has 7 heavy (non-hydrogen) atoms. The van der Waals surface area contributed by atoms with Crippen molar-refractivity contribution in [2.75, 3.05) is 6.61 Å².